The lowest BCUT2D eigenvalue weighted by molar-refractivity contribution is -0.128. The number of aryl methyl sites for hydroxylation is 2. The minimum atomic E-state index is -1.18. The normalized spacial score (nSPS) is 21.7. The number of aromatic nitrogens is 5. The number of nitrogens with one attached hydrogen (secondary N) is 2. The van der Waals surface area contributed by atoms with Crippen LogP contribution < -0.4 is 10.6 Å². The number of amides is 1. The summed E-state index contributed by atoms with van der Waals surface area (Å²) in [6.07, 6.45) is 0.741. The standard InChI is InChI=1S/C25H35N7O3S/c1-4-13-36-25-28-22(27-12-6-7-16-10-8-15(3)9-11-16)19-23(29-25)32(31-30-19)18-14-17(20(33)21(18)34)24(35)26-5-2/h8-11,17-18,20-21,33-34H,4-7,12-14H2,1-3H3,(H,26,35)(H,27,28,29). The highest BCUT2D eigenvalue weighted by Crippen LogP contribution is 2.37. The van der Waals surface area contributed by atoms with Gasteiger partial charge in [-0.3, -0.25) is 4.79 Å². The lowest BCUT2D eigenvalue weighted by Gasteiger charge is -2.17. The molecule has 4 unspecified atom stereocenters. The third-order valence-corrected chi connectivity index (χ3v) is 7.50. The van der Waals surface area contributed by atoms with E-state index in [9.17, 15) is 15.0 Å². The predicted octanol–water partition coefficient (Wildman–Crippen LogP) is 2.50. The van der Waals surface area contributed by atoms with Crippen molar-refractivity contribution in [2.75, 3.05) is 24.2 Å². The van der Waals surface area contributed by atoms with Crippen molar-refractivity contribution in [1.29, 1.82) is 0 Å². The number of aliphatic hydroxyl groups is 2. The van der Waals surface area contributed by atoms with Crippen molar-refractivity contribution in [1.82, 2.24) is 30.3 Å². The lowest BCUT2D eigenvalue weighted by atomic mass is 10.0. The Balaban J connectivity index is 1.55. The van der Waals surface area contributed by atoms with Gasteiger partial charge in [-0.25, -0.2) is 14.6 Å². The molecule has 0 bridgehead atoms. The molecule has 11 heteroatoms. The highest BCUT2D eigenvalue weighted by molar-refractivity contribution is 7.99. The number of hydrogen-bond acceptors (Lipinski definition) is 9. The largest absolute Gasteiger partial charge is 0.390 e. The van der Waals surface area contributed by atoms with E-state index >= 15 is 0 Å². The number of nitrogens with zero attached hydrogens (tertiary/aromatic N) is 5. The smallest absolute Gasteiger partial charge is 0.225 e. The van der Waals surface area contributed by atoms with Gasteiger partial charge in [-0.1, -0.05) is 53.7 Å². The van der Waals surface area contributed by atoms with Crippen LogP contribution in [0.3, 0.4) is 0 Å². The van der Waals surface area contributed by atoms with Crippen molar-refractivity contribution in [3.8, 4) is 0 Å². The maximum Gasteiger partial charge on any atom is 0.225 e. The van der Waals surface area contributed by atoms with Crippen LogP contribution in [0.25, 0.3) is 11.2 Å². The SMILES string of the molecule is CCCSc1nc(NCCCc2ccc(C)cc2)c2nnn(C3CC(C(=O)NCC)C(O)C3O)c2n1. The Morgan fingerprint density at radius 3 is 2.67 bits per heavy atom. The lowest BCUT2D eigenvalue weighted by Crippen LogP contribution is -2.38. The van der Waals surface area contributed by atoms with Gasteiger partial charge in [0.2, 0.25) is 5.91 Å². The van der Waals surface area contributed by atoms with Gasteiger partial charge in [0.15, 0.2) is 22.1 Å². The van der Waals surface area contributed by atoms with Crippen LogP contribution in [0.4, 0.5) is 5.82 Å². The quantitative estimate of drug-likeness (QED) is 0.173. The second kappa shape index (κ2) is 12.0. The molecule has 1 aliphatic carbocycles. The zero-order valence-electron chi connectivity index (χ0n) is 21.0. The number of benzene rings is 1. The minimum absolute atomic E-state index is 0.243. The molecular weight excluding hydrogens is 478 g/mol. The molecule has 0 radical (unpaired) electrons. The second-order valence-corrected chi connectivity index (χ2v) is 10.3. The summed E-state index contributed by atoms with van der Waals surface area (Å²) in [7, 11) is 0. The third kappa shape index (κ3) is 5.79. The zero-order valence-corrected chi connectivity index (χ0v) is 21.8. The molecule has 4 N–H and O–H groups in total. The van der Waals surface area contributed by atoms with E-state index in [2.05, 4.69) is 69.0 Å². The Bertz CT molecular complexity index is 1170. The Kier molecular flexibility index (Phi) is 8.76. The van der Waals surface area contributed by atoms with E-state index in [-0.39, 0.29) is 12.3 Å². The maximum atomic E-state index is 12.4. The molecule has 0 aliphatic heterocycles. The van der Waals surface area contributed by atoms with Gasteiger partial charge in [-0.2, -0.15) is 0 Å². The molecule has 194 valence electrons. The first-order valence-corrected chi connectivity index (χ1v) is 13.6. The van der Waals surface area contributed by atoms with E-state index in [1.54, 1.807) is 11.8 Å². The van der Waals surface area contributed by atoms with E-state index in [0.717, 1.165) is 25.0 Å². The van der Waals surface area contributed by atoms with Crippen molar-refractivity contribution in [3.63, 3.8) is 0 Å². The van der Waals surface area contributed by atoms with Gasteiger partial charge >= 0.3 is 0 Å². The number of thioether (sulfide) groups is 1. The molecule has 1 saturated carbocycles. The number of carbonyl (C=O) groups is 1. The maximum absolute atomic E-state index is 12.4. The summed E-state index contributed by atoms with van der Waals surface area (Å²) in [4.78, 5) is 21.8. The summed E-state index contributed by atoms with van der Waals surface area (Å²) in [6.45, 7) is 7.16. The molecule has 2 heterocycles. The molecule has 10 nitrogen and oxygen atoms in total. The molecule has 1 aromatic carbocycles. The fourth-order valence-electron chi connectivity index (χ4n) is 4.49. The molecule has 4 rings (SSSR count). The first kappa shape index (κ1) is 26.3. The van der Waals surface area contributed by atoms with Crippen molar-refractivity contribution in [3.05, 3.63) is 35.4 Å². The summed E-state index contributed by atoms with van der Waals surface area (Å²) in [6, 6.07) is 7.93. The molecule has 0 saturated heterocycles. The predicted molar refractivity (Wildman–Crippen MR) is 140 cm³/mol. The van der Waals surface area contributed by atoms with Crippen LogP contribution in [0.15, 0.2) is 29.4 Å². The van der Waals surface area contributed by atoms with E-state index in [1.807, 2.05) is 6.92 Å². The summed E-state index contributed by atoms with van der Waals surface area (Å²) in [5.74, 6) is 0.464. The van der Waals surface area contributed by atoms with Gasteiger partial charge < -0.3 is 20.8 Å². The number of rotatable bonds is 11. The first-order chi connectivity index (χ1) is 17.4. The Hall–Kier alpha value is -2.76. The van der Waals surface area contributed by atoms with Gasteiger partial charge in [0, 0.05) is 18.8 Å². The monoisotopic (exact) mass is 513 g/mol. The van der Waals surface area contributed by atoms with E-state index in [4.69, 9.17) is 0 Å². The fraction of sp³-hybridized carbons (Fsp3) is 0.560. The van der Waals surface area contributed by atoms with Crippen molar-refractivity contribution in [2.24, 2.45) is 5.92 Å². The molecule has 0 spiro atoms. The van der Waals surface area contributed by atoms with Crippen LogP contribution in [0.5, 0.6) is 0 Å². The number of anilines is 1. The van der Waals surface area contributed by atoms with Crippen LogP contribution in [0.2, 0.25) is 0 Å². The number of carbonyl (C=O) groups excluding carboxylic acids is 1. The van der Waals surface area contributed by atoms with Gasteiger partial charge in [0.1, 0.15) is 6.10 Å². The Labute approximate surface area is 215 Å². The van der Waals surface area contributed by atoms with Crippen LogP contribution >= 0.6 is 11.8 Å². The van der Waals surface area contributed by atoms with Crippen molar-refractivity contribution >= 4 is 34.7 Å². The average molecular weight is 514 g/mol. The van der Waals surface area contributed by atoms with E-state index in [1.165, 1.54) is 15.8 Å². The van der Waals surface area contributed by atoms with Crippen LogP contribution in [0, 0.1) is 12.8 Å². The zero-order chi connectivity index (χ0) is 25.7. The topological polar surface area (TPSA) is 138 Å². The summed E-state index contributed by atoms with van der Waals surface area (Å²) in [5, 5.41) is 36.7. The second-order valence-electron chi connectivity index (χ2n) is 9.21. The van der Waals surface area contributed by atoms with Crippen molar-refractivity contribution < 1.29 is 15.0 Å². The number of aliphatic hydroxyl groups excluding tert-OH is 2. The van der Waals surface area contributed by atoms with Gasteiger partial charge in [-0.05, 0) is 45.1 Å². The molecule has 4 atom stereocenters. The molecule has 1 fully saturated rings. The number of fused-ring (bicyclic) bond motifs is 1. The highest BCUT2D eigenvalue weighted by atomic mass is 32.2. The Morgan fingerprint density at radius 2 is 1.94 bits per heavy atom. The Morgan fingerprint density at radius 1 is 1.17 bits per heavy atom. The third-order valence-electron chi connectivity index (χ3n) is 6.45. The van der Waals surface area contributed by atoms with Gasteiger partial charge in [-0.15, -0.1) is 5.10 Å². The first-order valence-electron chi connectivity index (χ1n) is 12.6. The van der Waals surface area contributed by atoms with E-state index in [0.29, 0.717) is 35.2 Å². The minimum Gasteiger partial charge on any atom is -0.390 e. The summed E-state index contributed by atoms with van der Waals surface area (Å²) < 4.78 is 1.54. The molecule has 1 amide bonds. The average Bonchev–Trinajstić information content (AvgIpc) is 3.42. The molecular formula is C25H35N7O3S. The molecule has 3 aromatic rings. The molecule has 2 aromatic heterocycles. The van der Waals surface area contributed by atoms with Crippen LogP contribution in [-0.2, 0) is 11.2 Å². The summed E-state index contributed by atoms with van der Waals surface area (Å²) >= 11 is 1.55. The number of hydrogen-bond donors (Lipinski definition) is 4. The fourth-order valence-corrected chi connectivity index (χ4v) is 5.18. The molecule has 1 aliphatic rings. The van der Waals surface area contributed by atoms with E-state index < -0.39 is 24.2 Å². The van der Waals surface area contributed by atoms with Crippen LogP contribution in [0.1, 0.15) is 50.3 Å². The molecule has 36 heavy (non-hydrogen) atoms. The van der Waals surface area contributed by atoms with Crippen LogP contribution in [-0.4, -0.2) is 72.1 Å². The van der Waals surface area contributed by atoms with Gasteiger partial charge in [0.25, 0.3) is 0 Å². The van der Waals surface area contributed by atoms with Gasteiger partial charge in [0.05, 0.1) is 18.1 Å². The summed E-state index contributed by atoms with van der Waals surface area (Å²) in [5.41, 5.74) is 3.53. The highest BCUT2D eigenvalue weighted by Gasteiger charge is 2.47. The van der Waals surface area contributed by atoms with Crippen molar-refractivity contribution in [2.45, 2.75) is 69.9 Å².